The highest BCUT2D eigenvalue weighted by Gasteiger charge is 2.11. The van der Waals surface area contributed by atoms with Crippen molar-refractivity contribution in [2.75, 3.05) is 25.3 Å². The molecule has 110 valence electrons. The number of carbonyl (C=O) groups is 1. The summed E-state index contributed by atoms with van der Waals surface area (Å²) >= 11 is 3.46. The minimum atomic E-state index is -0.471. The van der Waals surface area contributed by atoms with E-state index in [1.54, 1.807) is 25.3 Å². The first kappa shape index (κ1) is 15.2. The summed E-state index contributed by atoms with van der Waals surface area (Å²) in [6, 6.07) is 10.7. The molecular formula is C15H15BrN2O3. The molecule has 0 saturated heterocycles. The van der Waals surface area contributed by atoms with Crippen molar-refractivity contribution in [1.29, 1.82) is 0 Å². The predicted octanol–water partition coefficient (Wildman–Crippen LogP) is 3.57. The van der Waals surface area contributed by atoms with Gasteiger partial charge < -0.3 is 20.5 Å². The summed E-state index contributed by atoms with van der Waals surface area (Å²) in [6.07, 6.45) is 0. The summed E-state index contributed by atoms with van der Waals surface area (Å²) < 4.78 is 10.8. The van der Waals surface area contributed by atoms with Crippen LogP contribution in [0.2, 0.25) is 0 Å². The van der Waals surface area contributed by atoms with Gasteiger partial charge in [0, 0.05) is 21.9 Å². The van der Waals surface area contributed by atoms with Crippen LogP contribution in [-0.4, -0.2) is 20.2 Å². The van der Waals surface area contributed by atoms with Gasteiger partial charge in [-0.25, -0.2) is 4.79 Å². The second kappa shape index (κ2) is 6.49. The van der Waals surface area contributed by atoms with Gasteiger partial charge in [0.1, 0.15) is 5.75 Å². The Bertz CT molecular complexity index is 674. The highest BCUT2D eigenvalue weighted by Crippen LogP contribution is 2.30. The van der Waals surface area contributed by atoms with Crippen LogP contribution in [0.4, 0.5) is 17.1 Å². The summed E-state index contributed by atoms with van der Waals surface area (Å²) in [5.41, 5.74) is 8.01. The zero-order valence-corrected chi connectivity index (χ0v) is 13.2. The number of nitrogens with two attached hydrogens (primary N) is 1. The van der Waals surface area contributed by atoms with E-state index >= 15 is 0 Å². The molecule has 0 spiro atoms. The van der Waals surface area contributed by atoms with E-state index in [-0.39, 0.29) is 0 Å². The number of nitrogens with one attached hydrogen (secondary N) is 1. The van der Waals surface area contributed by atoms with Crippen molar-refractivity contribution in [2.45, 2.75) is 0 Å². The number of esters is 1. The normalized spacial score (nSPS) is 10.0. The van der Waals surface area contributed by atoms with Crippen LogP contribution in [0.25, 0.3) is 0 Å². The van der Waals surface area contributed by atoms with E-state index in [4.69, 9.17) is 15.2 Å². The van der Waals surface area contributed by atoms with Gasteiger partial charge in [0.2, 0.25) is 0 Å². The van der Waals surface area contributed by atoms with Crippen LogP contribution in [0, 0.1) is 0 Å². The lowest BCUT2D eigenvalue weighted by Crippen LogP contribution is -2.06. The third kappa shape index (κ3) is 3.46. The first-order valence-electron chi connectivity index (χ1n) is 6.13. The number of nitrogen functional groups attached to an aromatic ring is 1. The summed E-state index contributed by atoms with van der Waals surface area (Å²) in [5, 5.41) is 3.20. The molecule has 2 aromatic rings. The van der Waals surface area contributed by atoms with Gasteiger partial charge >= 0.3 is 5.97 Å². The van der Waals surface area contributed by atoms with Crippen molar-refractivity contribution in [3.8, 4) is 5.75 Å². The minimum Gasteiger partial charge on any atom is -0.497 e. The molecule has 21 heavy (non-hydrogen) atoms. The van der Waals surface area contributed by atoms with Gasteiger partial charge in [0.15, 0.2) is 0 Å². The van der Waals surface area contributed by atoms with Crippen LogP contribution in [0.1, 0.15) is 10.4 Å². The maximum Gasteiger partial charge on any atom is 0.340 e. The molecule has 3 N–H and O–H groups in total. The number of hydrogen-bond acceptors (Lipinski definition) is 5. The molecule has 0 heterocycles. The maximum atomic E-state index is 11.6. The summed E-state index contributed by atoms with van der Waals surface area (Å²) in [6.45, 7) is 0. The summed E-state index contributed by atoms with van der Waals surface area (Å²) in [7, 11) is 2.92. The molecule has 0 aliphatic heterocycles. The third-order valence-corrected chi connectivity index (χ3v) is 3.60. The quantitative estimate of drug-likeness (QED) is 0.651. The van der Waals surface area contributed by atoms with Crippen LogP contribution >= 0.6 is 15.9 Å². The van der Waals surface area contributed by atoms with Crippen LogP contribution in [0.5, 0.6) is 5.75 Å². The molecule has 0 aromatic heterocycles. The number of benzene rings is 2. The number of carbonyl (C=O) groups excluding carboxylic acids is 1. The predicted molar refractivity (Wildman–Crippen MR) is 86.2 cm³/mol. The van der Waals surface area contributed by atoms with Crippen molar-refractivity contribution in [3.05, 3.63) is 46.4 Å². The fraction of sp³-hybridized carbons (Fsp3) is 0.133. The van der Waals surface area contributed by atoms with Crippen molar-refractivity contribution in [3.63, 3.8) is 0 Å². The highest BCUT2D eigenvalue weighted by atomic mass is 79.9. The third-order valence-electron chi connectivity index (χ3n) is 2.91. The van der Waals surface area contributed by atoms with E-state index in [1.807, 2.05) is 18.2 Å². The van der Waals surface area contributed by atoms with Gasteiger partial charge in [0.05, 0.1) is 25.5 Å². The molecule has 0 saturated carbocycles. The Kier molecular flexibility index (Phi) is 4.70. The lowest BCUT2D eigenvalue weighted by molar-refractivity contribution is 0.0602. The van der Waals surface area contributed by atoms with Gasteiger partial charge in [-0.3, -0.25) is 0 Å². The molecule has 0 fully saturated rings. The monoisotopic (exact) mass is 350 g/mol. The Balaban J connectivity index is 2.34. The second-order valence-corrected chi connectivity index (χ2v) is 5.12. The van der Waals surface area contributed by atoms with E-state index in [0.29, 0.717) is 11.3 Å². The molecule has 6 heteroatoms. The molecule has 0 radical (unpaired) electrons. The van der Waals surface area contributed by atoms with Gasteiger partial charge in [-0.15, -0.1) is 0 Å². The van der Waals surface area contributed by atoms with Crippen LogP contribution in [0.3, 0.4) is 0 Å². The maximum absolute atomic E-state index is 11.6. The van der Waals surface area contributed by atoms with Crippen molar-refractivity contribution in [1.82, 2.24) is 0 Å². The lowest BCUT2D eigenvalue weighted by Gasteiger charge is -2.12. The number of halogens is 1. The average Bonchev–Trinajstić information content (AvgIpc) is 2.50. The molecule has 2 rings (SSSR count). The summed E-state index contributed by atoms with van der Waals surface area (Å²) in [4.78, 5) is 11.6. The van der Waals surface area contributed by atoms with Crippen LogP contribution < -0.4 is 15.8 Å². The second-order valence-electron chi connectivity index (χ2n) is 4.26. The molecular weight excluding hydrogens is 336 g/mol. The van der Waals surface area contributed by atoms with Crippen LogP contribution in [-0.2, 0) is 4.74 Å². The van der Waals surface area contributed by atoms with Gasteiger partial charge in [0.25, 0.3) is 0 Å². The topological polar surface area (TPSA) is 73.6 Å². The molecule has 0 aliphatic rings. The average molecular weight is 351 g/mol. The number of hydrogen-bond donors (Lipinski definition) is 2. The van der Waals surface area contributed by atoms with Crippen molar-refractivity contribution >= 4 is 39.0 Å². The zero-order chi connectivity index (χ0) is 15.4. The number of methoxy groups -OCH3 is 2. The molecule has 0 atom stereocenters. The van der Waals surface area contributed by atoms with Crippen molar-refractivity contribution in [2.24, 2.45) is 0 Å². The van der Waals surface area contributed by atoms with Gasteiger partial charge in [-0.1, -0.05) is 0 Å². The van der Waals surface area contributed by atoms with Crippen LogP contribution in [0.15, 0.2) is 40.9 Å². The fourth-order valence-electron chi connectivity index (χ4n) is 1.80. The molecule has 0 amide bonds. The van der Waals surface area contributed by atoms with Gasteiger partial charge in [-0.2, -0.15) is 0 Å². The Hall–Kier alpha value is -2.21. The zero-order valence-electron chi connectivity index (χ0n) is 11.6. The minimum absolute atomic E-state index is 0.321. The van der Waals surface area contributed by atoms with E-state index in [1.165, 1.54) is 7.11 Å². The van der Waals surface area contributed by atoms with Crippen molar-refractivity contribution < 1.29 is 14.3 Å². The molecule has 2 aromatic carbocycles. The lowest BCUT2D eigenvalue weighted by atomic mass is 10.1. The van der Waals surface area contributed by atoms with E-state index < -0.39 is 5.97 Å². The number of rotatable bonds is 4. The van der Waals surface area contributed by atoms with E-state index in [2.05, 4.69) is 21.2 Å². The molecule has 0 aliphatic carbocycles. The Morgan fingerprint density at radius 2 is 1.95 bits per heavy atom. The SMILES string of the molecule is COC(=O)c1cc(Nc2cc(OC)ccc2Br)ccc1N. The first-order valence-corrected chi connectivity index (χ1v) is 6.93. The Morgan fingerprint density at radius 1 is 1.19 bits per heavy atom. The molecule has 5 nitrogen and oxygen atoms in total. The first-order chi connectivity index (χ1) is 10.0. The standard InChI is InChI=1S/C15H15BrN2O3/c1-20-10-4-5-12(16)14(8-10)18-9-3-6-13(17)11(7-9)15(19)21-2/h3-8,18H,17H2,1-2H3. The van der Waals surface area contributed by atoms with E-state index in [0.717, 1.165) is 21.6 Å². The largest absolute Gasteiger partial charge is 0.497 e. The Morgan fingerprint density at radius 3 is 2.62 bits per heavy atom. The number of ether oxygens (including phenoxy) is 2. The summed E-state index contributed by atoms with van der Waals surface area (Å²) in [5.74, 6) is 0.255. The van der Waals surface area contributed by atoms with Gasteiger partial charge in [-0.05, 0) is 46.3 Å². The van der Waals surface area contributed by atoms with E-state index in [9.17, 15) is 4.79 Å². The highest BCUT2D eigenvalue weighted by molar-refractivity contribution is 9.10. The fourth-order valence-corrected chi connectivity index (χ4v) is 2.15. The number of anilines is 3. The molecule has 0 bridgehead atoms. The Labute approximate surface area is 131 Å². The smallest absolute Gasteiger partial charge is 0.340 e. The molecule has 0 unspecified atom stereocenters.